The van der Waals surface area contributed by atoms with Crippen LogP contribution >= 0.6 is 11.3 Å². The molecule has 0 radical (unpaired) electrons. The molecule has 2 aromatic heterocycles. The van der Waals surface area contributed by atoms with E-state index in [1.54, 1.807) is 30.3 Å². The number of urea groups is 1. The average Bonchev–Trinajstić information content (AvgIpc) is 3.49. The number of hydrogen-bond donors (Lipinski definition) is 0. The number of ether oxygens (including phenoxy) is 2. The van der Waals surface area contributed by atoms with Crippen LogP contribution in [-0.4, -0.2) is 52.0 Å². The van der Waals surface area contributed by atoms with E-state index >= 15 is 0 Å². The number of amides is 4. The second kappa shape index (κ2) is 7.95. The predicted molar refractivity (Wildman–Crippen MR) is 104 cm³/mol. The molecule has 154 valence electrons. The van der Waals surface area contributed by atoms with Gasteiger partial charge in [0.1, 0.15) is 18.0 Å². The van der Waals surface area contributed by atoms with Crippen LogP contribution in [0, 0.1) is 0 Å². The van der Waals surface area contributed by atoms with Crippen LogP contribution < -0.4 is 9.47 Å². The van der Waals surface area contributed by atoms with Crippen LogP contribution in [0.4, 0.5) is 4.79 Å². The van der Waals surface area contributed by atoms with E-state index in [4.69, 9.17) is 14.0 Å². The van der Waals surface area contributed by atoms with E-state index in [1.807, 2.05) is 5.38 Å². The lowest BCUT2D eigenvalue weighted by Gasteiger charge is -2.13. The van der Waals surface area contributed by atoms with Crippen LogP contribution in [0.15, 0.2) is 40.2 Å². The van der Waals surface area contributed by atoms with E-state index in [2.05, 4.69) is 10.1 Å². The van der Waals surface area contributed by atoms with Crippen molar-refractivity contribution in [3.05, 3.63) is 46.5 Å². The van der Waals surface area contributed by atoms with Gasteiger partial charge in [0, 0.05) is 10.9 Å². The minimum atomic E-state index is -0.932. The Bertz CT molecular complexity index is 1110. The second-order valence-electron chi connectivity index (χ2n) is 6.22. The van der Waals surface area contributed by atoms with Gasteiger partial charge in [0.15, 0.2) is 0 Å². The lowest BCUT2D eigenvalue weighted by atomic mass is 10.2. The van der Waals surface area contributed by atoms with Crippen LogP contribution in [-0.2, 0) is 22.7 Å². The smallest absolute Gasteiger partial charge is 0.335 e. The molecule has 3 heterocycles. The Hall–Kier alpha value is -3.73. The van der Waals surface area contributed by atoms with E-state index in [-0.39, 0.29) is 24.8 Å². The zero-order chi connectivity index (χ0) is 21.3. The van der Waals surface area contributed by atoms with Crippen molar-refractivity contribution < 1.29 is 28.4 Å². The Morgan fingerprint density at radius 3 is 2.47 bits per heavy atom. The third-order valence-corrected chi connectivity index (χ3v) is 5.30. The van der Waals surface area contributed by atoms with Crippen LogP contribution in [0.3, 0.4) is 0 Å². The summed E-state index contributed by atoms with van der Waals surface area (Å²) >= 11 is 1.39. The fraction of sp³-hybridized carbons (Fsp3) is 0.211. The number of methoxy groups -OCH3 is 2. The molecule has 4 amide bonds. The van der Waals surface area contributed by atoms with Crippen LogP contribution in [0.5, 0.6) is 11.5 Å². The van der Waals surface area contributed by atoms with Crippen molar-refractivity contribution in [2.75, 3.05) is 14.2 Å². The summed E-state index contributed by atoms with van der Waals surface area (Å²) in [6.07, 6.45) is 0. The number of imide groups is 2. The van der Waals surface area contributed by atoms with Crippen molar-refractivity contribution in [1.29, 1.82) is 0 Å². The third-order valence-electron chi connectivity index (χ3n) is 4.44. The van der Waals surface area contributed by atoms with Crippen LogP contribution in [0.2, 0.25) is 0 Å². The van der Waals surface area contributed by atoms with Crippen molar-refractivity contribution in [1.82, 2.24) is 19.9 Å². The summed E-state index contributed by atoms with van der Waals surface area (Å²) in [6, 6.07) is 7.94. The molecule has 1 saturated heterocycles. The Morgan fingerprint density at radius 2 is 1.80 bits per heavy atom. The molecule has 3 aromatic rings. The number of rotatable bonds is 7. The average molecular weight is 428 g/mol. The van der Waals surface area contributed by atoms with Gasteiger partial charge >= 0.3 is 17.8 Å². The summed E-state index contributed by atoms with van der Waals surface area (Å²) < 4.78 is 15.7. The van der Waals surface area contributed by atoms with Gasteiger partial charge in [0.25, 0.3) is 0 Å². The zero-order valence-corrected chi connectivity index (χ0v) is 16.8. The Morgan fingerprint density at radius 1 is 1.03 bits per heavy atom. The van der Waals surface area contributed by atoms with Gasteiger partial charge in [-0.05, 0) is 23.6 Å². The number of thiophene rings is 1. The Labute approximate surface area is 174 Å². The molecule has 0 aliphatic carbocycles. The predicted octanol–water partition coefficient (Wildman–Crippen LogP) is 2.31. The highest BCUT2D eigenvalue weighted by atomic mass is 32.1. The standard InChI is InChI=1S/C19H16N4O6S/c1-27-11-5-6-13(14(8-11)28-2)16-20-15(29-21-16)10-23-18(25)17(24)22(19(23)26)9-12-4-3-7-30-12/h3-8H,9-10H2,1-2H3. The van der Waals surface area contributed by atoms with Gasteiger partial charge in [-0.1, -0.05) is 11.2 Å². The van der Waals surface area contributed by atoms with Gasteiger partial charge < -0.3 is 14.0 Å². The SMILES string of the molecule is COc1ccc(-c2noc(CN3C(=O)C(=O)N(Cc4cccs4)C3=O)n2)c(OC)c1. The molecule has 4 rings (SSSR count). The van der Waals surface area contributed by atoms with Gasteiger partial charge in [-0.3, -0.25) is 14.5 Å². The number of aromatic nitrogens is 2. The molecule has 1 fully saturated rings. The van der Waals surface area contributed by atoms with Gasteiger partial charge in [-0.15, -0.1) is 11.3 Å². The molecule has 0 atom stereocenters. The summed E-state index contributed by atoms with van der Waals surface area (Å²) in [7, 11) is 3.03. The molecule has 0 N–H and O–H groups in total. The number of carbonyl (C=O) groups is 3. The molecular weight excluding hydrogens is 412 g/mol. The first-order valence-electron chi connectivity index (χ1n) is 8.76. The van der Waals surface area contributed by atoms with Crippen molar-refractivity contribution in [3.63, 3.8) is 0 Å². The van der Waals surface area contributed by atoms with E-state index in [1.165, 1.54) is 25.6 Å². The Kier molecular flexibility index (Phi) is 5.19. The van der Waals surface area contributed by atoms with Gasteiger partial charge in [0.05, 0.1) is 26.3 Å². The van der Waals surface area contributed by atoms with Crippen molar-refractivity contribution >= 4 is 29.2 Å². The zero-order valence-electron chi connectivity index (χ0n) is 16.0. The summed E-state index contributed by atoms with van der Waals surface area (Å²) in [4.78, 5) is 43.8. The molecule has 0 spiro atoms. The quantitative estimate of drug-likeness (QED) is 0.416. The molecule has 0 unspecified atom stereocenters. The van der Waals surface area contributed by atoms with Crippen LogP contribution in [0.1, 0.15) is 10.8 Å². The van der Waals surface area contributed by atoms with E-state index in [0.29, 0.717) is 17.1 Å². The van der Waals surface area contributed by atoms with Crippen molar-refractivity contribution in [2.24, 2.45) is 0 Å². The maximum atomic E-state index is 12.6. The second-order valence-corrected chi connectivity index (χ2v) is 7.25. The highest BCUT2D eigenvalue weighted by Crippen LogP contribution is 2.31. The summed E-state index contributed by atoms with van der Waals surface area (Å²) in [5.74, 6) is -0.534. The third kappa shape index (κ3) is 3.50. The van der Waals surface area contributed by atoms with Crippen molar-refractivity contribution in [3.8, 4) is 22.9 Å². The molecule has 1 aliphatic heterocycles. The van der Waals surface area contributed by atoms with Crippen molar-refractivity contribution in [2.45, 2.75) is 13.1 Å². The lowest BCUT2D eigenvalue weighted by molar-refractivity contribution is -0.143. The largest absolute Gasteiger partial charge is 0.497 e. The Balaban J connectivity index is 1.53. The minimum Gasteiger partial charge on any atom is -0.497 e. The summed E-state index contributed by atoms with van der Waals surface area (Å²) in [5.41, 5.74) is 0.544. The molecule has 1 aliphatic rings. The molecule has 1 aromatic carbocycles. The van der Waals surface area contributed by atoms with Crippen LogP contribution in [0.25, 0.3) is 11.4 Å². The fourth-order valence-electron chi connectivity index (χ4n) is 2.93. The van der Waals surface area contributed by atoms with Gasteiger partial charge in [0.2, 0.25) is 11.7 Å². The number of hydrogen-bond acceptors (Lipinski definition) is 9. The first-order chi connectivity index (χ1) is 14.5. The van der Waals surface area contributed by atoms with Gasteiger partial charge in [-0.25, -0.2) is 9.69 Å². The fourth-order valence-corrected chi connectivity index (χ4v) is 3.63. The minimum absolute atomic E-state index is 0.00958. The van der Waals surface area contributed by atoms with E-state index < -0.39 is 17.8 Å². The maximum Gasteiger partial charge on any atom is 0.335 e. The van der Waals surface area contributed by atoms with Gasteiger partial charge in [-0.2, -0.15) is 4.98 Å². The molecule has 30 heavy (non-hydrogen) atoms. The molecule has 10 nitrogen and oxygen atoms in total. The topological polar surface area (TPSA) is 115 Å². The number of carbonyl (C=O) groups excluding carboxylic acids is 3. The summed E-state index contributed by atoms with van der Waals surface area (Å²) in [5, 5.41) is 5.72. The monoisotopic (exact) mass is 428 g/mol. The van der Waals surface area contributed by atoms with E-state index in [9.17, 15) is 14.4 Å². The molecule has 0 saturated carbocycles. The first kappa shape index (κ1) is 19.6. The highest BCUT2D eigenvalue weighted by Gasteiger charge is 2.45. The summed E-state index contributed by atoms with van der Waals surface area (Å²) in [6.45, 7) is -0.272. The number of nitrogens with zero attached hydrogens (tertiary/aromatic N) is 4. The molecule has 11 heteroatoms. The molecular formula is C19H16N4O6S. The first-order valence-corrected chi connectivity index (χ1v) is 9.64. The van der Waals surface area contributed by atoms with E-state index in [0.717, 1.165) is 14.7 Å². The maximum absolute atomic E-state index is 12.6. The normalized spacial score (nSPS) is 14.0. The number of benzene rings is 1. The highest BCUT2D eigenvalue weighted by molar-refractivity contribution is 7.09. The lowest BCUT2D eigenvalue weighted by Crippen LogP contribution is -2.32. The molecule has 0 bridgehead atoms.